The second-order valence-electron chi connectivity index (χ2n) is 3.81. The topological polar surface area (TPSA) is 31.2 Å². The number of hydrogen-bond donors (Lipinski definition) is 0. The summed E-state index contributed by atoms with van der Waals surface area (Å²) in [7, 11) is 3.36. The Morgan fingerprint density at radius 1 is 1.38 bits per heavy atom. The van der Waals surface area contributed by atoms with Gasteiger partial charge in [0.2, 0.25) is 0 Å². The van der Waals surface area contributed by atoms with Gasteiger partial charge in [0.05, 0.1) is 12.5 Å². The third-order valence-electron chi connectivity index (χ3n) is 2.86. The highest BCUT2D eigenvalue weighted by molar-refractivity contribution is 5.90. The molecule has 0 radical (unpaired) electrons. The van der Waals surface area contributed by atoms with Gasteiger partial charge in [-0.2, -0.15) is 0 Å². The van der Waals surface area contributed by atoms with Crippen molar-refractivity contribution in [1.29, 1.82) is 0 Å². The molecule has 0 aliphatic carbocycles. The van der Waals surface area contributed by atoms with Crippen LogP contribution in [0.3, 0.4) is 0 Å². The molecule has 0 saturated heterocycles. The lowest BCUT2D eigenvalue weighted by molar-refractivity contribution is 0.419. The van der Waals surface area contributed by atoms with Gasteiger partial charge in [0.1, 0.15) is 5.75 Å². The fourth-order valence-corrected chi connectivity index (χ4v) is 2.01. The molecule has 0 aliphatic rings. The first kappa shape index (κ1) is 10.7. The molecule has 3 nitrogen and oxygen atoms in total. The molecule has 0 unspecified atom stereocenters. The Bertz CT molecular complexity index is 584. The number of rotatable bonds is 2. The molecular weight excluding hydrogens is 202 g/mol. The molecule has 0 fully saturated rings. The van der Waals surface area contributed by atoms with E-state index in [2.05, 4.69) is 6.92 Å². The van der Waals surface area contributed by atoms with Crippen molar-refractivity contribution in [2.75, 3.05) is 7.11 Å². The molecule has 1 heterocycles. The van der Waals surface area contributed by atoms with Crippen molar-refractivity contribution < 1.29 is 4.74 Å². The predicted molar refractivity (Wildman–Crippen MR) is 65.1 cm³/mol. The molecule has 2 rings (SSSR count). The lowest BCUT2D eigenvalue weighted by Gasteiger charge is -2.10. The Hall–Kier alpha value is -1.77. The second kappa shape index (κ2) is 4.00. The molecule has 0 saturated carbocycles. The Morgan fingerprint density at radius 2 is 2.12 bits per heavy atom. The number of nitrogens with zero attached hydrogens (tertiary/aromatic N) is 1. The summed E-state index contributed by atoms with van der Waals surface area (Å²) in [6.07, 6.45) is 2.79. The predicted octanol–water partition coefficient (Wildman–Crippen LogP) is 2.11. The number of pyridine rings is 1. The highest BCUT2D eigenvalue weighted by Crippen LogP contribution is 2.24. The molecule has 0 aliphatic heterocycles. The third kappa shape index (κ3) is 1.48. The molecule has 0 bridgehead atoms. The zero-order chi connectivity index (χ0) is 11.7. The van der Waals surface area contributed by atoms with Crippen molar-refractivity contribution in [3.05, 3.63) is 40.3 Å². The lowest BCUT2D eigenvalue weighted by atomic mass is 10.1. The largest absolute Gasteiger partial charge is 0.496 e. The van der Waals surface area contributed by atoms with E-state index in [1.54, 1.807) is 18.7 Å². The lowest BCUT2D eigenvalue weighted by Crippen LogP contribution is -2.17. The normalized spacial score (nSPS) is 10.7. The molecule has 1 aromatic carbocycles. The molecule has 3 heteroatoms. The zero-order valence-electron chi connectivity index (χ0n) is 9.78. The van der Waals surface area contributed by atoms with Crippen molar-refractivity contribution in [2.45, 2.75) is 13.3 Å². The number of methoxy groups -OCH3 is 1. The minimum absolute atomic E-state index is 0.00958. The molecule has 84 valence electrons. The minimum Gasteiger partial charge on any atom is -0.496 e. The first-order valence-corrected chi connectivity index (χ1v) is 5.34. The van der Waals surface area contributed by atoms with Crippen LogP contribution >= 0.6 is 0 Å². The van der Waals surface area contributed by atoms with Gasteiger partial charge in [-0.3, -0.25) is 4.79 Å². The van der Waals surface area contributed by atoms with Crippen molar-refractivity contribution in [2.24, 2.45) is 7.05 Å². The van der Waals surface area contributed by atoms with Gasteiger partial charge in [0.25, 0.3) is 5.56 Å². The van der Waals surface area contributed by atoms with E-state index in [1.807, 2.05) is 24.4 Å². The molecular formula is C13H15NO2. The maximum Gasteiger partial charge on any atom is 0.261 e. The van der Waals surface area contributed by atoms with Gasteiger partial charge in [-0.1, -0.05) is 19.1 Å². The second-order valence-corrected chi connectivity index (χ2v) is 3.81. The van der Waals surface area contributed by atoms with E-state index >= 15 is 0 Å². The highest BCUT2D eigenvalue weighted by atomic mass is 16.5. The number of aromatic nitrogens is 1. The molecule has 2 aromatic rings. The average molecular weight is 217 g/mol. The fraction of sp³-hybridized carbons (Fsp3) is 0.308. The Kier molecular flexibility index (Phi) is 2.69. The maximum atomic E-state index is 12.1. The van der Waals surface area contributed by atoms with E-state index in [4.69, 9.17) is 4.74 Å². The summed E-state index contributed by atoms with van der Waals surface area (Å²) in [6, 6.07) is 5.71. The molecule has 16 heavy (non-hydrogen) atoms. The number of hydrogen-bond acceptors (Lipinski definition) is 2. The minimum atomic E-state index is -0.00958. The number of benzene rings is 1. The number of ether oxygens (including phenoxy) is 1. The first-order valence-electron chi connectivity index (χ1n) is 5.34. The van der Waals surface area contributed by atoms with Crippen molar-refractivity contribution >= 4 is 10.8 Å². The van der Waals surface area contributed by atoms with Crippen molar-refractivity contribution in [3.8, 4) is 5.75 Å². The summed E-state index contributed by atoms with van der Waals surface area (Å²) < 4.78 is 6.86. The summed E-state index contributed by atoms with van der Waals surface area (Å²) >= 11 is 0. The van der Waals surface area contributed by atoms with Crippen LogP contribution in [0, 0.1) is 0 Å². The van der Waals surface area contributed by atoms with E-state index < -0.39 is 0 Å². The molecule has 0 spiro atoms. The van der Waals surface area contributed by atoms with E-state index in [0.29, 0.717) is 11.1 Å². The van der Waals surface area contributed by atoms with E-state index in [1.165, 1.54) is 0 Å². The van der Waals surface area contributed by atoms with Crippen LogP contribution in [-0.2, 0) is 13.5 Å². The molecule has 0 atom stereocenters. The van der Waals surface area contributed by atoms with Gasteiger partial charge in [-0.15, -0.1) is 0 Å². The van der Waals surface area contributed by atoms with Gasteiger partial charge < -0.3 is 9.30 Å². The van der Waals surface area contributed by atoms with Gasteiger partial charge in [0, 0.05) is 13.2 Å². The zero-order valence-corrected chi connectivity index (χ0v) is 9.78. The monoisotopic (exact) mass is 217 g/mol. The third-order valence-corrected chi connectivity index (χ3v) is 2.86. The summed E-state index contributed by atoms with van der Waals surface area (Å²) in [5, 5.41) is 1.66. The van der Waals surface area contributed by atoms with Gasteiger partial charge in [-0.25, -0.2) is 0 Å². The van der Waals surface area contributed by atoms with E-state index in [9.17, 15) is 4.79 Å². The number of fused-ring (bicyclic) bond motifs is 1. The molecule has 0 N–H and O–H groups in total. The van der Waals surface area contributed by atoms with E-state index in [-0.39, 0.29) is 5.56 Å². The van der Waals surface area contributed by atoms with Crippen molar-refractivity contribution in [1.82, 2.24) is 4.57 Å². The average Bonchev–Trinajstić information content (AvgIpc) is 2.32. The Labute approximate surface area is 94.3 Å². The van der Waals surface area contributed by atoms with Crippen LogP contribution in [0.5, 0.6) is 5.75 Å². The smallest absolute Gasteiger partial charge is 0.261 e. The first-order chi connectivity index (χ1) is 7.69. The van der Waals surface area contributed by atoms with Crippen LogP contribution in [-0.4, -0.2) is 11.7 Å². The summed E-state index contributed by atoms with van der Waals surface area (Å²) in [5.41, 5.74) is 1.15. The Morgan fingerprint density at radius 3 is 2.75 bits per heavy atom. The maximum absolute atomic E-state index is 12.1. The summed E-state index contributed by atoms with van der Waals surface area (Å²) in [6.45, 7) is 2.08. The van der Waals surface area contributed by atoms with Crippen molar-refractivity contribution in [3.63, 3.8) is 0 Å². The van der Waals surface area contributed by atoms with Crippen LogP contribution in [0.2, 0.25) is 0 Å². The van der Waals surface area contributed by atoms with Crippen LogP contribution < -0.4 is 10.3 Å². The van der Waals surface area contributed by atoms with Gasteiger partial charge >= 0.3 is 0 Å². The Balaban J connectivity index is 2.99. The van der Waals surface area contributed by atoms with Gasteiger partial charge in [0.15, 0.2) is 0 Å². The standard InChI is InChI=1S/C13H15NO2/c1-4-9-8-14(2)13(15)12-10(9)6-5-7-11(12)16-3/h5-8H,4H2,1-3H3. The van der Waals surface area contributed by atoms with Crippen LogP contribution in [0.25, 0.3) is 10.8 Å². The van der Waals surface area contributed by atoms with Crippen LogP contribution in [0.4, 0.5) is 0 Å². The van der Waals surface area contributed by atoms with E-state index in [0.717, 1.165) is 17.4 Å². The molecule has 1 aromatic heterocycles. The van der Waals surface area contributed by atoms with Gasteiger partial charge in [-0.05, 0) is 23.4 Å². The van der Waals surface area contributed by atoms with Crippen LogP contribution in [0.1, 0.15) is 12.5 Å². The number of aryl methyl sites for hydroxylation is 2. The SMILES string of the molecule is CCc1cn(C)c(=O)c2c(OC)cccc12. The summed E-state index contributed by atoms with van der Waals surface area (Å²) in [4.78, 5) is 12.1. The van der Waals surface area contributed by atoms with Crippen LogP contribution in [0.15, 0.2) is 29.2 Å². The fourth-order valence-electron chi connectivity index (χ4n) is 2.01. The highest BCUT2D eigenvalue weighted by Gasteiger charge is 2.10. The molecule has 0 amide bonds. The summed E-state index contributed by atoms with van der Waals surface area (Å²) in [5.74, 6) is 0.647. The quantitative estimate of drug-likeness (QED) is 0.771.